The summed E-state index contributed by atoms with van der Waals surface area (Å²) >= 11 is 0. The maximum Gasteiger partial charge on any atom is 0.222 e. The molecule has 92 valence electrons. The third kappa shape index (κ3) is 2.95. The van der Waals surface area contributed by atoms with Gasteiger partial charge in [0.25, 0.3) is 0 Å². The molecule has 1 atom stereocenters. The Kier molecular flexibility index (Phi) is 4.18. The number of carbonyl (C=O) groups is 1. The molecule has 16 heavy (non-hydrogen) atoms. The van der Waals surface area contributed by atoms with Crippen LogP contribution in [0, 0.1) is 11.8 Å². The molecule has 2 rings (SSSR count). The Hall–Kier alpha value is -0.610. The fourth-order valence-electron chi connectivity index (χ4n) is 2.67. The van der Waals surface area contributed by atoms with Crippen molar-refractivity contribution in [2.24, 2.45) is 11.8 Å². The molecule has 0 saturated carbocycles. The summed E-state index contributed by atoms with van der Waals surface area (Å²) < 4.78 is 0. The number of aliphatic hydroxyl groups is 1. The minimum atomic E-state index is 0.219. The summed E-state index contributed by atoms with van der Waals surface area (Å²) in [6.07, 6.45) is 3.93. The molecule has 0 aromatic rings. The molecule has 2 saturated heterocycles. The molecule has 2 fully saturated rings. The van der Waals surface area contributed by atoms with E-state index < -0.39 is 0 Å². The molecule has 2 aliphatic heterocycles. The van der Waals surface area contributed by atoms with Crippen molar-refractivity contribution in [2.45, 2.75) is 25.7 Å². The van der Waals surface area contributed by atoms with Crippen LogP contribution in [0.3, 0.4) is 0 Å². The highest BCUT2D eigenvalue weighted by atomic mass is 16.3. The van der Waals surface area contributed by atoms with E-state index in [0.717, 1.165) is 45.4 Å². The van der Waals surface area contributed by atoms with Crippen LogP contribution in [0.4, 0.5) is 0 Å². The van der Waals surface area contributed by atoms with Gasteiger partial charge in [-0.1, -0.05) is 0 Å². The van der Waals surface area contributed by atoms with E-state index in [2.05, 4.69) is 5.32 Å². The Balaban J connectivity index is 1.75. The maximum atomic E-state index is 12.0. The fourth-order valence-corrected chi connectivity index (χ4v) is 2.67. The lowest BCUT2D eigenvalue weighted by atomic mass is 9.94. The second kappa shape index (κ2) is 5.64. The third-order valence-corrected chi connectivity index (χ3v) is 3.82. The lowest BCUT2D eigenvalue weighted by molar-refractivity contribution is -0.131. The Labute approximate surface area is 97.0 Å². The zero-order valence-corrected chi connectivity index (χ0v) is 9.82. The van der Waals surface area contributed by atoms with Crippen molar-refractivity contribution in [2.75, 3.05) is 32.8 Å². The van der Waals surface area contributed by atoms with Gasteiger partial charge in [0, 0.05) is 32.0 Å². The van der Waals surface area contributed by atoms with Crippen LogP contribution in [0.5, 0.6) is 0 Å². The molecular formula is C12H22N2O2. The number of aliphatic hydroxyl groups excluding tert-OH is 1. The number of likely N-dealkylation sites (tertiary alicyclic amines) is 1. The van der Waals surface area contributed by atoms with Crippen LogP contribution in [-0.2, 0) is 4.79 Å². The molecule has 0 radical (unpaired) electrons. The molecule has 0 aromatic heterocycles. The van der Waals surface area contributed by atoms with Crippen molar-refractivity contribution >= 4 is 5.91 Å². The zero-order chi connectivity index (χ0) is 11.4. The summed E-state index contributed by atoms with van der Waals surface area (Å²) in [6.45, 7) is 3.93. The van der Waals surface area contributed by atoms with E-state index >= 15 is 0 Å². The first-order chi connectivity index (χ1) is 7.79. The maximum absolute atomic E-state index is 12.0. The van der Waals surface area contributed by atoms with E-state index in [4.69, 9.17) is 5.11 Å². The van der Waals surface area contributed by atoms with Gasteiger partial charge in [-0.2, -0.15) is 0 Å². The SMILES string of the molecule is O=C(CC1CCNCC1)N1CCC(CO)C1. The normalized spacial score (nSPS) is 27.3. The molecular weight excluding hydrogens is 204 g/mol. The highest BCUT2D eigenvalue weighted by Gasteiger charge is 2.27. The van der Waals surface area contributed by atoms with Gasteiger partial charge in [0.05, 0.1) is 0 Å². The van der Waals surface area contributed by atoms with Crippen molar-refractivity contribution in [3.05, 3.63) is 0 Å². The predicted molar refractivity (Wildman–Crippen MR) is 62.0 cm³/mol. The van der Waals surface area contributed by atoms with Crippen molar-refractivity contribution in [3.8, 4) is 0 Å². The van der Waals surface area contributed by atoms with Crippen LogP contribution in [-0.4, -0.2) is 48.7 Å². The largest absolute Gasteiger partial charge is 0.396 e. The van der Waals surface area contributed by atoms with E-state index in [1.165, 1.54) is 0 Å². The minimum Gasteiger partial charge on any atom is -0.396 e. The Bertz CT molecular complexity index is 239. The van der Waals surface area contributed by atoms with Crippen LogP contribution in [0.1, 0.15) is 25.7 Å². The van der Waals surface area contributed by atoms with Crippen molar-refractivity contribution in [1.29, 1.82) is 0 Å². The highest BCUT2D eigenvalue weighted by molar-refractivity contribution is 5.76. The summed E-state index contributed by atoms with van der Waals surface area (Å²) in [7, 11) is 0. The number of carbonyl (C=O) groups excluding carboxylic acids is 1. The molecule has 0 bridgehead atoms. The number of amides is 1. The molecule has 2 N–H and O–H groups in total. The zero-order valence-electron chi connectivity index (χ0n) is 9.82. The van der Waals surface area contributed by atoms with Crippen LogP contribution >= 0.6 is 0 Å². The molecule has 0 aromatic carbocycles. The van der Waals surface area contributed by atoms with Gasteiger partial charge >= 0.3 is 0 Å². The Morgan fingerprint density at radius 3 is 2.62 bits per heavy atom. The number of piperidine rings is 1. The van der Waals surface area contributed by atoms with E-state index in [0.29, 0.717) is 24.2 Å². The summed E-state index contributed by atoms with van der Waals surface area (Å²) in [5.41, 5.74) is 0. The Morgan fingerprint density at radius 1 is 1.25 bits per heavy atom. The highest BCUT2D eigenvalue weighted by Crippen LogP contribution is 2.21. The smallest absolute Gasteiger partial charge is 0.222 e. The number of nitrogens with one attached hydrogen (secondary N) is 1. The molecule has 2 aliphatic rings. The molecule has 4 nitrogen and oxygen atoms in total. The van der Waals surface area contributed by atoms with E-state index in [-0.39, 0.29) is 6.61 Å². The van der Waals surface area contributed by atoms with Gasteiger partial charge in [0.2, 0.25) is 5.91 Å². The van der Waals surface area contributed by atoms with Gasteiger partial charge in [-0.05, 0) is 38.3 Å². The van der Waals surface area contributed by atoms with Gasteiger partial charge in [0.1, 0.15) is 0 Å². The number of nitrogens with zero attached hydrogens (tertiary/aromatic N) is 1. The number of rotatable bonds is 3. The second-order valence-electron chi connectivity index (χ2n) is 5.07. The summed E-state index contributed by atoms with van der Waals surface area (Å²) in [5.74, 6) is 1.18. The van der Waals surface area contributed by atoms with Gasteiger partial charge < -0.3 is 15.3 Å². The topological polar surface area (TPSA) is 52.6 Å². The Morgan fingerprint density at radius 2 is 2.00 bits per heavy atom. The first-order valence-electron chi connectivity index (χ1n) is 6.39. The summed E-state index contributed by atoms with van der Waals surface area (Å²) in [5, 5.41) is 12.4. The third-order valence-electron chi connectivity index (χ3n) is 3.82. The van der Waals surface area contributed by atoms with Gasteiger partial charge in [0.15, 0.2) is 0 Å². The van der Waals surface area contributed by atoms with Crippen LogP contribution in [0.15, 0.2) is 0 Å². The molecule has 0 aliphatic carbocycles. The second-order valence-corrected chi connectivity index (χ2v) is 5.07. The van der Waals surface area contributed by atoms with Gasteiger partial charge in [-0.15, -0.1) is 0 Å². The van der Waals surface area contributed by atoms with E-state index in [1.54, 1.807) is 0 Å². The quantitative estimate of drug-likeness (QED) is 0.723. The van der Waals surface area contributed by atoms with Gasteiger partial charge in [-0.3, -0.25) is 4.79 Å². The summed E-state index contributed by atoms with van der Waals surface area (Å²) in [4.78, 5) is 13.9. The minimum absolute atomic E-state index is 0.219. The fraction of sp³-hybridized carbons (Fsp3) is 0.917. The van der Waals surface area contributed by atoms with Crippen molar-refractivity contribution in [3.63, 3.8) is 0 Å². The average molecular weight is 226 g/mol. The van der Waals surface area contributed by atoms with Crippen LogP contribution in [0.25, 0.3) is 0 Å². The lowest BCUT2D eigenvalue weighted by Gasteiger charge is -2.24. The molecule has 1 amide bonds. The molecule has 2 heterocycles. The first-order valence-corrected chi connectivity index (χ1v) is 6.39. The van der Waals surface area contributed by atoms with E-state index in [1.807, 2.05) is 4.90 Å². The average Bonchev–Trinajstić information content (AvgIpc) is 2.79. The van der Waals surface area contributed by atoms with Crippen LogP contribution in [0.2, 0.25) is 0 Å². The molecule has 1 unspecified atom stereocenters. The van der Waals surface area contributed by atoms with Crippen molar-refractivity contribution < 1.29 is 9.90 Å². The molecule has 4 heteroatoms. The van der Waals surface area contributed by atoms with Gasteiger partial charge in [-0.25, -0.2) is 0 Å². The standard InChI is InChI=1S/C12H22N2O2/c15-9-11-3-6-14(8-11)12(16)7-10-1-4-13-5-2-10/h10-11,13,15H,1-9H2. The van der Waals surface area contributed by atoms with Crippen molar-refractivity contribution in [1.82, 2.24) is 10.2 Å². The van der Waals surface area contributed by atoms with E-state index in [9.17, 15) is 4.79 Å². The molecule has 0 spiro atoms. The van der Waals surface area contributed by atoms with Crippen LogP contribution < -0.4 is 5.32 Å². The number of hydrogen-bond donors (Lipinski definition) is 2. The first kappa shape index (κ1) is 11.9. The lowest BCUT2D eigenvalue weighted by Crippen LogP contribution is -2.34. The number of hydrogen-bond acceptors (Lipinski definition) is 3. The summed E-state index contributed by atoms with van der Waals surface area (Å²) in [6, 6.07) is 0. The monoisotopic (exact) mass is 226 g/mol. The predicted octanol–water partition coefficient (Wildman–Crippen LogP) is 0.217.